The Bertz CT molecular complexity index is 493. The molecule has 3 rings (SSSR count). The zero-order valence-electron chi connectivity index (χ0n) is 14.0. The molecule has 0 radical (unpaired) electrons. The minimum Gasteiger partial charge on any atom is -0.491 e. The third-order valence-electron chi connectivity index (χ3n) is 5.10. The van der Waals surface area contributed by atoms with E-state index >= 15 is 0 Å². The molecule has 2 aliphatic heterocycles. The first kappa shape index (κ1) is 16.3. The van der Waals surface area contributed by atoms with Crippen molar-refractivity contribution in [1.82, 2.24) is 10.6 Å². The van der Waals surface area contributed by atoms with Gasteiger partial charge in [0.25, 0.3) is 0 Å². The van der Waals surface area contributed by atoms with Gasteiger partial charge in [-0.05, 0) is 50.2 Å². The Balaban J connectivity index is 1.42. The topological polar surface area (TPSA) is 50.4 Å². The van der Waals surface area contributed by atoms with Crippen molar-refractivity contribution in [3.8, 4) is 5.75 Å². The van der Waals surface area contributed by atoms with Crippen LogP contribution in [-0.2, 0) is 4.79 Å². The molecule has 2 saturated heterocycles. The monoisotopic (exact) mass is 316 g/mol. The molecule has 4 atom stereocenters. The highest BCUT2D eigenvalue weighted by Gasteiger charge is 2.34. The Morgan fingerprint density at radius 3 is 2.61 bits per heavy atom. The lowest BCUT2D eigenvalue weighted by atomic mass is 9.89. The van der Waals surface area contributed by atoms with E-state index in [1.165, 1.54) is 12.8 Å². The molecule has 2 fully saturated rings. The summed E-state index contributed by atoms with van der Waals surface area (Å²) in [5.74, 6) is 1.58. The normalized spacial score (nSPS) is 27.4. The van der Waals surface area contributed by atoms with Crippen molar-refractivity contribution < 1.29 is 9.53 Å². The van der Waals surface area contributed by atoms with Crippen LogP contribution in [0, 0.1) is 5.92 Å². The van der Waals surface area contributed by atoms with E-state index in [4.69, 9.17) is 4.74 Å². The number of benzene rings is 1. The number of hydrogen-bond donors (Lipinski definition) is 2. The smallest absolute Gasteiger partial charge is 0.220 e. The van der Waals surface area contributed by atoms with Gasteiger partial charge < -0.3 is 15.4 Å². The molecule has 2 N–H and O–H groups in total. The van der Waals surface area contributed by atoms with E-state index in [9.17, 15) is 4.79 Å². The largest absolute Gasteiger partial charge is 0.491 e. The van der Waals surface area contributed by atoms with Crippen LogP contribution < -0.4 is 15.4 Å². The molecule has 2 aliphatic rings. The third kappa shape index (κ3) is 4.71. The standard InChI is InChI=1S/C19H28N2O2/c1-2-15(13-23-18-6-4-3-5-7-18)21-19(22)12-14-10-16-8-9-17(11-14)20-16/h3-7,14-17,20H,2,8-13H2,1H3,(H,21,22)/t14?,15-,16-,17+/m0/s1. The molecule has 23 heavy (non-hydrogen) atoms. The molecule has 4 nitrogen and oxygen atoms in total. The lowest BCUT2D eigenvalue weighted by Crippen LogP contribution is -2.42. The molecular weight excluding hydrogens is 288 g/mol. The zero-order valence-corrected chi connectivity index (χ0v) is 14.0. The molecule has 0 saturated carbocycles. The number of carbonyl (C=O) groups is 1. The Kier molecular flexibility index (Phi) is 5.55. The van der Waals surface area contributed by atoms with Gasteiger partial charge in [0.15, 0.2) is 0 Å². The number of hydrogen-bond acceptors (Lipinski definition) is 3. The second kappa shape index (κ2) is 7.82. The number of carbonyl (C=O) groups excluding carboxylic acids is 1. The molecule has 2 bridgehead atoms. The summed E-state index contributed by atoms with van der Waals surface area (Å²) in [7, 11) is 0. The van der Waals surface area contributed by atoms with Crippen molar-refractivity contribution in [1.29, 1.82) is 0 Å². The number of para-hydroxylation sites is 1. The SMILES string of the molecule is CC[C@@H](COc1ccccc1)NC(=O)CC1C[C@H]2CC[C@@H](C1)N2. The number of piperidine rings is 1. The van der Waals surface area contributed by atoms with E-state index in [0.29, 0.717) is 31.0 Å². The van der Waals surface area contributed by atoms with Crippen molar-refractivity contribution in [3.05, 3.63) is 30.3 Å². The fourth-order valence-corrected chi connectivity index (χ4v) is 3.87. The molecular formula is C19H28N2O2. The van der Waals surface area contributed by atoms with Crippen LogP contribution in [0.25, 0.3) is 0 Å². The molecule has 0 aliphatic carbocycles. The molecule has 2 heterocycles. The van der Waals surface area contributed by atoms with Crippen LogP contribution >= 0.6 is 0 Å². The van der Waals surface area contributed by atoms with Crippen molar-refractivity contribution in [2.45, 2.75) is 63.6 Å². The first-order chi connectivity index (χ1) is 11.2. The third-order valence-corrected chi connectivity index (χ3v) is 5.10. The number of rotatable bonds is 7. The van der Waals surface area contributed by atoms with Crippen LogP contribution in [0.15, 0.2) is 30.3 Å². The molecule has 0 spiro atoms. The molecule has 1 aromatic carbocycles. The summed E-state index contributed by atoms with van der Waals surface area (Å²) < 4.78 is 5.77. The summed E-state index contributed by atoms with van der Waals surface area (Å²) in [6, 6.07) is 11.2. The number of nitrogens with one attached hydrogen (secondary N) is 2. The van der Waals surface area contributed by atoms with Crippen molar-refractivity contribution in [2.24, 2.45) is 5.92 Å². The summed E-state index contributed by atoms with van der Waals surface area (Å²) in [5.41, 5.74) is 0. The van der Waals surface area contributed by atoms with E-state index in [2.05, 4.69) is 17.6 Å². The minimum atomic E-state index is 0.0844. The maximum Gasteiger partial charge on any atom is 0.220 e. The molecule has 1 aromatic rings. The average Bonchev–Trinajstić information content (AvgIpc) is 2.91. The first-order valence-corrected chi connectivity index (χ1v) is 8.96. The van der Waals surface area contributed by atoms with Crippen LogP contribution in [0.3, 0.4) is 0 Å². The van der Waals surface area contributed by atoms with Crippen molar-refractivity contribution in [2.75, 3.05) is 6.61 Å². The predicted octanol–water partition coefficient (Wildman–Crippen LogP) is 2.88. The van der Waals surface area contributed by atoms with Crippen LogP contribution in [0.4, 0.5) is 0 Å². The summed E-state index contributed by atoms with van der Waals surface area (Å²) in [5, 5.41) is 6.78. The Morgan fingerprint density at radius 2 is 1.96 bits per heavy atom. The van der Waals surface area contributed by atoms with E-state index in [0.717, 1.165) is 25.0 Å². The highest BCUT2D eigenvalue weighted by molar-refractivity contribution is 5.76. The molecule has 0 aromatic heterocycles. The van der Waals surface area contributed by atoms with Gasteiger partial charge in [-0.3, -0.25) is 4.79 Å². The molecule has 126 valence electrons. The van der Waals surface area contributed by atoms with Crippen LogP contribution in [0.2, 0.25) is 0 Å². The highest BCUT2D eigenvalue weighted by Crippen LogP contribution is 2.32. The quantitative estimate of drug-likeness (QED) is 0.813. The maximum absolute atomic E-state index is 12.3. The Hall–Kier alpha value is -1.55. The molecule has 1 amide bonds. The lowest BCUT2D eigenvalue weighted by molar-refractivity contribution is -0.123. The van der Waals surface area contributed by atoms with Gasteiger partial charge in [-0.25, -0.2) is 0 Å². The van der Waals surface area contributed by atoms with Gasteiger partial charge in [0, 0.05) is 18.5 Å². The summed E-state index contributed by atoms with van der Waals surface area (Å²) in [4.78, 5) is 12.3. The first-order valence-electron chi connectivity index (χ1n) is 8.96. The fourth-order valence-electron chi connectivity index (χ4n) is 3.87. The fraction of sp³-hybridized carbons (Fsp3) is 0.632. The van der Waals surface area contributed by atoms with E-state index in [1.54, 1.807) is 0 Å². The minimum absolute atomic E-state index is 0.0844. The van der Waals surface area contributed by atoms with E-state index in [-0.39, 0.29) is 11.9 Å². The summed E-state index contributed by atoms with van der Waals surface area (Å²) in [6.07, 6.45) is 6.42. The lowest BCUT2D eigenvalue weighted by Gasteiger charge is -2.29. The highest BCUT2D eigenvalue weighted by atomic mass is 16.5. The second-order valence-corrected chi connectivity index (χ2v) is 6.98. The van der Waals surface area contributed by atoms with Gasteiger partial charge in [-0.15, -0.1) is 0 Å². The van der Waals surface area contributed by atoms with Crippen LogP contribution in [-0.4, -0.2) is 30.6 Å². The van der Waals surface area contributed by atoms with Crippen molar-refractivity contribution >= 4 is 5.91 Å². The van der Waals surface area contributed by atoms with Gasteiger partial charge in [0.2, 0.25) is 5.91 Å². The predicted molar refractivity (Wildman–Crippen MR) is 91.4 cm³/mol. The van der Waals surface area contributed by atoms with Gasteiger partial charge >= 0.3 is 0 Å². The molecule has 1 unspecified atom stereocenters. The Morgan fingerprint density at radius 1 is 1.26 bits per heavy atom. The second-order valence-electron chi connectivity index (χ2n) is 6.98. The van der Waals surface area contributed by atoms with Gasteiger partial charge in [0.1, 0.15) is 12.4 Å². The number of ether oxygens (including phenoxy) is 1. The van der Waals surface area contributed by atoms with Gasteiger partial charge in [0.05, 0.1) is 6.04 Å². The number of fused-ring (bicyclic) bond motifs is 2. The molecule has 4 heteroatoms. The van der Waals surface area contributed by atoms with Gasteiger partial charge in [-0.2, -0.15) is 0 Å². The maximum atomic E-state index is 12.3. The van der Waals surface area contributed by atoms with Gasteiger partial charge in [-0.1, -0.05) is 25.1 Å². The van der Waals surface area contributed by atoms with Crippen molar-refractivity contribution in [3.63, 3.8) is 0 Å². The zero-order chi connectivity index (χ0) is 16.1. The van der Waals surface area contributed by atoms with E-state index < -0.39 is 0 Å². The van der Waals surface area contributed by atoms with Crippen LogP contribution in [0.5, 0.6) is 5.75 Å². The van der Waals surface area contributed by atoms with E-state index in [1.807, 2.05) is 30.3 Å². The number of amides is 1. The summed E-state index contributed by atoms with van der Waals surface area (Å²) in [6.45, 7) is 2.62. The Labute approximate surface area is 139 Å². The van der Waals surface area contributed by atoms with Crippen LogP contribution in [0.1, 0.15) is 45.4 Å². The average molecular weight is 316 g/mol. The summed E-state index contributed by atoms with van der Waals surface area (Å²) >= 11 is 0.